The standard InChI is InChI=1S/C27H37N3O4/c1-6-10-20-25-19-17-23(32-5)24(33-16-9-15-29-13-7-8-14-29)18-22(19)30(21(25)11-12-28-20)26(31)34-27(2,3)4/h11-12,17-18H,6-10,13-16H2,1-5H3. The number of aryl methyl sites for hydroxylation is 1. The van der Waals surface area contributed by atoms with Crippen molar-refractivity contribution >= 4 is 27.9 Å². The molecule has 3 heterocycles. The molecule has 0 radical (unpaired) electrons. The molecule has 1 fully saturated rings. The van der Waals surface area contributed by atoms with Crippen molar-refractivity contribution in [1.82, 2.24) is 14.5 Å². The minimum absolute atomic E-state index is 0.411. The maximum atomic E-state index is 13.3. The molecule has 1 aliphatic rings. The molecule has 34 heavy (non-hydrogen) atoms. The Hall–Kier alpha value is -2.80. The van der Waals surface area contributed by atoms with Crippen LogP contribution in [0.3, 0.4) is 0 Å². The van der Waals surface area contributed by atoms with E-state index in [2.05, 4.69) is 16.8 Å². The van der Waals surface area contributed by atoms with E-state index in [1.807, 2.05) is 39.0 Å². The normalized spacial score (nSPS) is 14.7. The van der Waals surface area contributed by atoms with Crippen LogP contribution in [0.25, 0.3) is 21.8 Å². The minimum Gasteiger partial charge on any atom is -0.493 e. The molecule has 0 bridgehead atoms. The number of rotatable bonds is 8. The molecule has 4 rings (SSSR count). The average Bonchev–Trinajstić information content (AvgIpc) is 3.41. The second-order valence-corrected chi connectivity index (χ2v) is 9.99. The van der Waals surface area contributed by atoms with Crippen molar-refractivity contribution in [2.45, 2.75) is 65.4 Å². The van der Waals surface area contributed by atoms with Gasteiger partial charge >= 0.3 is 6.09 Å². The van der Waals surface area contributed by atoms with Crippen molar-refractivity contribution < 1.29 is 19.0 Å². The third-order valence-electron chi connectivity index (χ3n) is 6.18. The van der Waals surface area contributed by atoms with E-state index in [4.69, 9.17) is 14.2 Å². The molecular formula is C27H37N3O4. The number of fused-ring (bicyclic) bond motifs is 3. The number of carbonyl (C=O) groups is 1. The van der Waals surface area contributed by atoms with E-state index < -0.39 is 11.7 Å². The predicted octanol–water partition coefficient (Wildman–Crippen LogP) is 5.80. The average molecular weight is 468 g/mol. The molecule has 1 saturated heterocycles. The number of pyridine rings is 1. The largest absolute Gasteiger partial charge is 0.493 e. The van der Waals surface area contributed by atoms with Gasteiger partial charge in [0, 0.05) is 29.6 Å². The summed E-state index contributed by atoms with van der Waals surface area (Å²) in [5, 5.41) is 1.88. The van der Waals surface area contributed by atoms with E-state index in [1.54, 1.807) is 17.9 Å². The smallest absolute Gasteiger partial charge is 0.419 e. The Balaban J connectivity index is 1.76. The van der Waals surface area contributed by atoms with Crippen LogP contribution in [-0.2, 0) is 11.2 Å². The van der Waals surface area contributed by atoms with Crippen LogP contribution in [0.4, 0.5) is 4.79 Å². The first-order valence-electron chi connectivity index (χ1n) is 12.4. The van der Waals surface area contributed by atoms with Crippen molar-refractivity contribution in [2.75, 3.05) is 33.4 Å². The lowest BCUT2D eigenvalue weighted by molar-refractivity contribution is 0.0551. The summed E-state index contributed by atoms with van der Waals surface area (Å²) in [5.74, 6) is 1.29. The van der Waals surface area contributed by atoms with Crippen LogP contribution < -0.4 is 9.47 Å². The summed E-state index contributed by atoms with van der Waals surface area (Å²) in [6.07, 6.45) is 6.65. The quantitative estimate of drug-likeness (QED) is 0.390. The molecule has 0 saturated carbocycles. The number of hydrogen-bond acceptors (Lipinski definition) is 6. The monoisotopic (exact) mass is 467 g/mol. The first-order valence-corrected chi connectivity index (χ1v) is 12.4. The fourth-order valence-electron chi connectivity index (χ4n) is 4.72. The van der Waals surface area contributed by atoms with Gasteiger partial charge in [-0.1, -0.05) is 13.3 Å². The van der Waals surface area contributed by atoms with Crippen molar-refractivity contribution in [3.05, 3.63) is 30.1 Å². The number of ether oxygens (including phenoxy) is 3. The van der Waals surface area contributed by atoms with Gasteiger partial charge in [-0.05, 0) is 71.7 Å². The molecule has 184 valence electrons. The second-order valence-electron chi connectivity index (χ2n) is 9.99. The van der Waals surface area contributed by atoms with E-state index in [0.717, 1.165) is 53.3 Å². The van der Waals surface area contributed by atoms with Crippen LogP contribution in [0, 0.1) is 0 Å². The summed E-state index contributed by atoms with van der Waals surface area (Å²) in [5.41, 5.74) is 1.88. The zero-order chi connectivity index (χ0) is 24.3. The number of likely N-dealkylation sites (tertiary alicyclic amines) is 1. The molecule has 0 spiro atoms. The van der Waals surface area contributed by atoms with Crippen LogP contribution in [0.2, 0.25) is 0 Å². The molecule has 7 nitrogen and oxygen atoms in total. The summed E-state index contributed by atoms with van der Waals surface area (Å²) < 4.78 is 19.3. The van der Waals surface area contributed by atoms with Gasteiger partial charge in [0.25, 0.3) is 0 Å². The highest BCUT2D eigenvalue weighted by atomic mass is 16.6. The van der Waals surface area contributed by atoms with Gasteiger partial charge in [-0.25, -0.2) is 9.36 Å². The van der Waals surface area contributed by atoms with Crippen molar-refractivity contribution in [1.29, 1.82) is 0 Å². The maximum absolute atomic E-state index is 13.3. The van der Waals surface area contributed by atoms with Gasteiger partial charge in [-0.2, -0.15) is 0 Å². The van der Waals surface area contributed by atoms with Crippen LogP contribution in [0.15, 0.2) is 24.4 Å². The molecule has 1 aromatic carbocycles. The van der Waals surface area contributed by atoms with Crippen molar-refractivity contribution in [3.63, 3.8) is 0 Å². The Morgan fingerprint density at radius 2 is 1.88 bits per heavy atom. The second kappa shape index (κ2) is 10.2. The molecular weight excluding hydrogens is 430 g/mol. The van der Waals surface area contributed by atoms with Crippen LogP contribution >= 0.6 is 0 Å². The van der Waals surface area contributed by atoms with E-state index in [1.165, 1.54) is 25.9 Å². The molecule has 3 aromatic rings. The van der Waals surface area contributed by atoms with Gasteiger partial charge in [-0.15, -0.1) is 0 Å². The number of nitrogens with zero attached hydrogens (tertiary/aromatic N) is 3. The highest BCUT2D eigenvalue weighted by Crippen LogP contribution is 2.39. The Morgan fingerprint density at radius 1 is 1.12 bits per heavy atom. The molecule has 7 heteroatoms. The number of hydrogen-bond donors (Lipinski definition) is 0. The molecule has 0 amide bonds. The SMILES string of the molecule is CCCc1nccc2c1c1cc(OC)c(OCCCN3CCCC3)cc1n2C(=O)OC(C)(C)C. The van der Waals surface area contributed by atoms with Crippen molar-refractivity contribution in [2.24, 2.45) is 0 Å². The molecule has 1 aliphatic heterocycles. The number of aromatic nitrogens is 2. The van der Waals surface area contributed by atoms with E-state index in [-0.39, 0.29) is 0 Å². The van der Waals surface area contributed by atoms with Crippen LogP contribution in [0.5, 0.6) is 11.5 Å². The summed E-state index contributed by atoms with van der Waals surface area (Å²) >= 11 is 0. The lowest BCUT2D eigenvalue weighted by Gasteiger charge is -2.20. The summed E-state index contributed by atoms with van der Waals surface area (Å²) in [7, 11) is 1.65. The molecule has 0 unspecified atom stereocenters. The van der Waals surface area contributed by atoms with E-state index in [0.29, 0.717) is 18.1 Å². The van der Waals surface area contributed by atoms with Gasteiger partial charge in [-0.3, -0.25) is 4.98 Å². The Morgan fingerprint density at radius 3 is 2.56 bits per heavy atom. The zero-order valence-corrected chi connectivity index (χ0v) is 21.1. The summed E-state index contributed by atoms with van der Waals surface area (Å²) in [4.78, 5) is 20.4. The minimum atomic E-state index is -0.610. The summed E-state index contributed by atoms with van der Waals surface area (Å²) in [6, 6.07) is 5.75. The number of carbonyl (C=O) groups excluding carboxylic acids is 1. The van der Waals surface area contributed by atoms with Gasteiger partial charge in [0.2, 0.25) is 0 Å². The number of benzene rings is 1. The van der Waals surface area contributed by atoms with Gasteiger partial charge in [0.15, 0.2) is 11.5 Å². The Kier molecular flexibility index (Phi) is 7.31. The maximum Gasteiger partial charge on any atom is 0.419 e. The third-order valence-corrected chi connectivity index (χ3v) is 6.18. The molecule has 2 aromatic heterocycles. The summed E-state index contributed by atoms with van der Waals surface area (Å²) in [6.45, 7) is 11.7. The highest BCUT2D eigenvalue weighted by Gasteiger charge is 2.25. The first kappa shape index (κ1) is 24.3. The number of methoxy groups -OCH3 is 1. The Labute approximate surface area is 202 Å². The zero-order valence-electron chi connectivity index (χ0n) is 21.1. The van der Waals surface area contributed by atoms with Crippen LogP contribution in [-0.4, -0.2) is 59.5 Å². The fraction of sp³-hybridized carbons (Fsp3) is 0.556. The lowest BCUT2D eigenvalue weighted by Crippen LogP contribution is -2.27. The fourth-order valence-corrected chi connectivity index (χ4v) is 4.72. The van der Waals surface area contributed by atoms with Gasteiger partial charge in [0.05, 0.1) is 30.4 Å². The first-order chi connectivity index (χ1) is 16.3. The predicted molar refractivity (Wildman–Crippen MR) is 135 cm³/mol. The van der Waals surface area contributed by atoms with Crippen LogP contribution in [0.1, 0.15) is 59.1 Å². The topological polar surface area (TPSA) is 65.8 Å². The van der Waals surface area contributed by atoms with Gasteiger partial charge in [0.1, 0.15) is 5.60 Å². The highest BCUT2D eigenvalue weighted by molar-refractivity contribution is 6.14. The van der Waals surface area contributed by atoms with E-state index in [9.17, 15) is 4.79 Å². The van der Waals surface area contributed by atoms with Gasteiger partial charge < -0.3 is 19.1 Å². The van der Waals surface area contributed by atoms with E-state index >= 15 is 0 Å². The third kappa shape index (κ3) is 5.14. The molecule has 0 atom stereocenters. The molecule has 0 N–H and O–H groups in total. The lowest BCUT2D eigenvalue weighted by atomic mass is 10.1. The Bertz CT molecular complexity index is 1160. The molecule has 0 aliphatic carbocycles. The van der Waals surface area contributed by atoms with Crippen molar-refractivity contribution in [3.8, 4) is 11.5 Å².